The molecule has 6 nitrogen and oxygen atoms in total. The van der Waals surface area contributed by atoms with Gasteiger partial charge in [0.05, 0.1) is 10.6 Å². The SMILES string of the molecule is CN(c1ccc(C(=O)Nc2ccc(Oc3ccccc3)cc2)cc1)S(=O)(=O)c1ccc(Cl)cc1. The maximum absolute atomic E-state index is 12.8. The van der Waals surface area contributed by atoms with Crippen LogP contribution < -0.4 is 14.4 Å². The molecule has 34 heavy (non-hydrogen) atoms. The average molecular weight is 493 g/mol. The number of hydrogen-bond donors (Lipinski definition) is 1. The monoisotopic (exact) mass is 492 g/mol. The predicted molar refractivity (Wildman–Crippen MR) is 134 cm³/mol. The van der Waals surface area contributed by atoms with Crippen LogP contribution in [-0.2, 0) is 10.0 Å². The molecule has 0 unspecified atom stereocenters. The van der Waals surface area contributed by atoms with Gasteiger partial charge in [-0.05, 0) is 84.9 Å². The van der Waals surface area contributed by atoms with E-state index in [1.165, 1.54) is 31.3 Å². The first-order chi connectivity index (χ1) is 16.3. The molecule has 0 aromatic heterocycles. The van der Waals surface area contributed by atoms with Crippen molar-refractivity contribution in [2.45, 2.75) is 4.90 Å². The highest BCUT2D eigenvalue weighted by molar-refractivity contribution is 7.92. The van der Waals surface area contributed by atoms with Gasteiger partial charge in [0.15, 0.2) is 0 Å². The number of carbonyl (C=O) groups excluding carboxylic acids is 1. The molecule has 1 amide bonds. The van der Waals surface area contributed by atoms with Gasteiger partial charge in [-0.2, -0.15) is 0 Å². The number of hydrogen-bond acceptors (Lipinski definition) is 4. The Morgan fingerprint density at radius 1 is 0.794 bits per heavy atom. The van der Waals surface area contributed by atoms with Crippen molar-refractivity contribution in [2.24, 2.45) is 0 Å². The Bertz CT molecular complexity index is 1370. The van der Waals surface area contributed by atoms with Gasteiger partial charge in [-0.3, -0.25) is 9.10 Å². The van der Waals surface area contributed by atoms with E-state index in [0.29, 0.717) is 27.7 Å². The summed E-state index contributed by atoms with van der Waals surface area (Å²) in [6.07, 6.45) is 0. The van der Waals surface area contributed by atoms with E-state index >= 15 is 0 Å². The lowest BCUT2D eigenvalue weighted by Crippen LogP contribution is -2.26. The van der Waals surface area contributed by atoms with Gasteiger partial charge in [-0.25, -0.2) is 8.42 Å². The van der Waals surface area contributed by atoms with Crippen LogP contribution in [0.1, 0.15) is 10.4 Å². The minimum atomic E-state index is -3.75. The zero-order valence-corrected chi connectivity index (χ0v) is 19.8. The summed E-state index contributed by atoms with van der Waals surface area (Å²) >= 11 is 5.85. The van der Waals surface area contributed by atoms with Gasteiger partial charge in [0.1, 0.15) is 11.5 Å². The second-order valence-electron chi connectivity index (χ2n) is 7.37. The van der Waals surface area contributed by atoms with E-state index in [4.69, 9.17) is 16.3 Å². The van der Waals surface area contributed by atoms with E-state index in [-0.39, 0.29) is 10.8 Å². The second-order valence-corrected chi connectivity index (χ2v) is 9.77. The summed E-state index contributed by atoms with van der Waals surface area (Å²) in [5.41, 5.74) is 1.43. The van der Waals surface area contributed by atoms with Crippen LogP contribution >= 0.6 is 11.6 Å². The maximum Gasteiger partial charge on any atom is 0.264 e. The summed E-state index contributed by atoms with van der Waals surface area (Å²) in [6, 6.07) is 28.7. The van der Waals surface area contributed by atoms with Crippen molar-refractivity contribution < 1.29 is 17.9 Å². The zero-order chi connectivity index (χ0) is 24.1. The first kappa shape index (κ1) is 23.4. The van der Waals surface area contributed by atoms with Crippen molar-refractivity contribution in [3.8, 4) is 11.5 Å². The second kappa shape index (κ2) is 9.99. The van der Waals surface area contributed by atoms with Gasteiger partial charge in [-0.15, -0.1) is 0 Å². The van der Waals surface area contributed by atoms with Crippen LogP contribution in [0.25, 0.3) is 0 Å². The number of anilines is 2. The van der Waals surface area contributed by atoms with Crippen LogP contribution in [0.2, 0.25) is 5.02 Å². The first-order valence-corrected chi connectivity index (χ1v) is 12.1. The standard InChI is InChI=1S/C26H21ClN2O4S/c1-29(34(31,32)25-17-9-20(27)10-18-25)22-13-7-19(8-14-22)26(30)28-21-11-15-24(16-12-21)33-23-5-3-2-4-6-23/h2-18H,1H3,(H,28,30). The Hall–Kier alpha value is -3.81. The number of nitrogens with one attached hydrogen (secondary N) is 1. The fraction of sp³-hybridized carbons (Fsp3) is 0.0385. The maximum atomic E-state index is 12.8. The molecule has 0 spiro atoms. The Morgan fingerprint density at radius 3 is 2.00 bits per heavy atom. The van der Waals surface area contributed by atoms with E-state index in [9.17, 15) is 13.2 Å². The molecule has 0 fully saturated rings. The summed E-state index contributed by atoms with van der Waals surface area (Å²) in [5.74, 6) is 1.06. The molecule has 0 heterocycles. The van der Waals surface area contributed by atoms with Crippen LogP contribution in [0.3, 0.4) is 0 Å². The van der Waals surface area contributed by atoms with Crippen LogP contribution in [0, 0.1) is 0 Å². The normalized spacial score (nSPS) is 11.0. The lowest BCUT2D eigenvalue weighted by Gasteiger charge is -2.20. The smallest absolute Gasteiger partial charge is 0.264 e. The first-order valence-electron chi connectivity index (χ1n) is 10.3. The minimum absolute atomic E-state index is 0.126. The summed E-state index contributed by atoms with van der Waals surface area (Å²) < 4.78 is 32.6. The molecule has 4 aromatic carbocycles. The summed E-state index contributed by atoms with van der Waals surface area (Å²) in [5, 5.41) is 3.27. The van der Waals surface area contributed by atoms with Crippen LogP contribution in [0.15, 0.2) is 108 Å². The number of sulfonamides is 1. The van der Waals surface area contributed by atoms with Crippen molar-refractivity contribution in [3.63, 3.8) is 0 Å². The van der Waals surface area contributed by atoms with Gasteiger partial charge in [0, 0.05) is 23.3 Å². The van der Waals surface area contributed by atoms with E-state index in [2.05, 4.69) is 5.32 Å². The third kappa shape index (κ3) is 5.39. The molecule has 0 saturated carbocycles. The topological polar surface area (TPSA) is 75.7 Å². The predicted octanol–water partition coefficient (Wildman–Crippen LogP) is 6.21. The number of para-hydroxylation sites is 1. The van der Waals surface area contributed by atoms with E-state index in [0.717, 1.165) is 10.1 Å². The van der Waals surface area contributed by atoms with Crippen molar-refractivity contribution in [1.82, 2.24) is 0 Å². The lowest BCUT2D eigenvalue weighted by atomic mass is 10.2. The number of ether oxygens (including phenoxy) is 1. The van der Waals surface area contributed by atoms with Gasteiger partial charge in [-0.1, -0.05) is 29.8 Å². The van der Waals surface area contributed by atoms with Gasteiger partial charge in [0.25, 0.3) is 15.9 Å². The Morgan fingerprint density at radius 2 is 1.38 bits per heavy atom. The quantitative estimate of drug-likeness (QED) is 0.333. The molecule has 0 aliphatic rings. The molecule has 172 valence electrons. The van der Waals surface area contributed by atoms with Gasteiger partial charge in [0.2, 0.25) is 0 Å². The number of halogens is 1. The largest absolute Gasteiger partial charge is 0.457 e. The van der Waals surface area contributed by atoms with E-state index in [1.54, 1.807) is 48.5 Å². The Kier molecular flexibility index (Phi) is 6.86. The summed E-state index contributed by atoms with van der Waals surface area (Å²) in [4.78, 5) is 12.8. The fourth-order valence-corrected chi connectivity index (χ4v) is 4.48. The van der Waals surface area contributed by atoms with Crippen LogP contribution in [0.5, 0.6) is 11.5 Å². The molecule has 0 saturated heterocycles. The molecule has 0 aliphatic carbocycles. The molecule has 0 aliphatic heterocycles. The lowest BCUT2D eigenvalue weighted by molar-refractivity contribution is 0.102. The van der Waals surface area contributed by atoms with Crippen molar-refractivity contribution >= 4 is 38.9 Å². The molecule has 8 heteroatoms. The average Bonchev–Trinajstić information content (AvgIpc) is 2.86. The highest BCUT2D eigenvalue weighted by Crippen LogP contribution is 2.25. The highest BCUT2D eigenvalue weighted by Gasteiger charge is 2.21. The molecule has 1 N–H and O–H groups in total. The fourth-order valence-electron chi connectivity index (χ4n) is 3.16. The molecule has 0 radical (unpaired) electrons. The van der Waals surface area contributed by atoms with E-state index in [1.807, 2.05) is 30.3 Å². The molecular formula is C26H21ClN2O4S. The van der Waals surface area contributed by atoms with Gasteiger partial charge < -0.3 is 10.1 Å². The summed E-state index contributed by atoms with van der Waals surface area (Å²) in [6.45, 7) is 0. The van der Waals surface area contributed by atoms with E-state index < -0.39 is 10.0 Å². The number of benzene rings is 4. The highest BCUT2D eigenvalue weighted by atomic mass is 35.5. The number of nitrogens with zero attached hydrogens (tertiary/aromatic N) is 1. The Balaban J connectivity index is 1.41. The van der Waals surface area contributed by atoms with Crippen molar-refractivity contribution in [3.05, 3.63) is 114 Å². The minimum Gasteiger partial charge on any atom is -0.457 e. The number of amides is 1. The number of rotatable bonds is 7. The van der Waals surface area contributed by atoms with Crippen molar-refractivity contribution in [2.75, 3.05) is 16.7 Å². The molecule has 4 aromatic rings. The van der Waals surface area contributed by atoms with Crippen LogP contribution in [-0.4, -0.2) is 21.4 Å². The molecule has 4 rings (SSSR count). The Labute approximate surface area is 203 Å². The third-order valence-corrected chi connectivity index (χ3v) is 7.11. The molecule has 0 atom stereocenters. The molecule has 0 bridgehead atoms. The third-order valence-electron chi connectivity index (χ3n) is 5.06. The summed E-state index contributed by atoms with van der Waals surface area (Å²) in [7, 11) is -2.30. The van der Waals surface area contributed by atoms with Crippen LogP contribution in [0.4, 0.5) is 11.4 Å². The number of carbonyl (C=O) groups is 1. The van der Waals surface area contributed by atoms with Gasteiger partial charge >= 0.3 is 0 Å². The molecular weight excluding hydrogens is 472 g/mol. The zero-order valence-electron chi connectivity index (χ0n) is 18.2. The van der Waals surface area contributed by atoms with Crippen molar-refractivity contribution in [1.29, 1.82) is 0 Å².